The molecule has 1 N–H and O–H groups in total. The quantitative estimate of drug-likeness (QED) is 0.276. The number of aromatic amines is 1. The zero-order chi connectivity index (χ0) is 21.3. The second kappa shape index (κ2) is 12.6. The maximum absolute atomic E-state index is 5.86. The minimum Gasteiger partial charge on any atom is -0.493 e. The number of imidazole rings is 1. The van der Waals surface area contributed by atoms with Crippen LogP contribution in [0, 0.1) is 6.92 Å². The summed E-state index contributed by atoms with van der Waals surface area (Å²) in [5.74, 6) is 3.08. The summed E-state index contributed by atoms with van der Waals surface area (Å²) in [7, 11) is 1.69. The maximum Gasteiger partial charge on any atom is 0.166 e. The van der Waals surface area contributed by atoms with E-state index >= 15 is 0 Å². The van der Waals surface area contributed by atoms with Crippen LogP contribution in [0.4, 0.5) is 0 Å². The number of H-pyrrole nitrogens is 1. The molecule has 0 bridgehead atoms. The number of hydrogen-bond acceptors (Lipinski definition) is 7. The summed E-state index contributed by atoms with van der Waals surface area (Å²) in [4.78, 5) is 12.5. The molecule has 0 saturated carbocycles. The number of ether oxygens (including phenoxy) is 4. The van der Waals surface area contributed by atoms with Gasteiger partial charge in [-0.2, -0.15) is 0 Å². The molecule has 170 valence electrons. The average molecular weight is 468 g/mol. The van der Waals surface area contributed by atoms with Gasteiger partial charge in [-0.3, -0.25) is 4.98 Å². The van der Waals surface area contributed by atoms with Gasteiger partial charge < -0.3 is 23.9 Å². The van der Waals surface area contributed by atoms with Crippen LogP contribution in [0.3, 0.4) is 0 Å². The van der Waals surface area contributed by atoms with E-state index < -0.39 is 0 Å². The van der Waals surface area contributed by atoms with E-state index in [0.717, 1.165) is 51.1 Å². The molecule has 1 aromatic carbocycles. The number of fused-ring (bicyclic) bond motifs is 2. The van der Waals surface area contributed by atoms with E-state index in [1.165, 1.54) is 6.38 Å². The largest absolute Gasteiger partial charge is 0.493 e. The third-order valence-corrected chi connectivity index (χ3v) is 5.36. The van der Waals surface area contributed by atoms with Gasteiger partial charge in [0.05, 0.1) is 23.3 Å². The van der Waals surface area contributed by atoms with Crippen molar-refractivity contribution < 1.29 is 18.9 Å². The van der Waals surface area contributed by atoms with Gasteiger partial charge >= 0.3 is 0 Å². The van der Waals surface area contributed by atoms with Gasteiger partial charge in [0.25, 0.3) is 0 Å². The van der Waals surface area contributed by atoms with E-state index in [0.29, 0.717) is 32.2 Å². The van der Waals surface area contributed by atoms with Crippen molar-refractivity contribution in [2.75, 3.05) is 39.9 Å². The molecule has 3 heterocycles. The van der Waals surface area contributed by atoms with Crippen molar-refractivity contribution in [3.05, 3.63) is 35.7 Å². The minimum atomic E-state index is 0. The Morgan fingerprint density at radius 3 is 2.65 bits per heavy atom. The highest BCUT2D eigenvalue weighted by Gasteiger charge is 2.15. The summed E-state index contributed by atoms with van der Waals surface area (Å²) < 4.78 is 22.2. The molecule has 0 fully saturated rings. The predicted molar refractivity (Wildman–Crippen MR) is 126 cm³/mol. The van der Waals surface area contributed by atoms with Crippen LogP contribution in [0.15, 0.2) is 29.6 Å². The fourth-order valence-electron chi connectivity index (χ4n) is 2.97. The van der Waals surface area contributed by atoms with Gasteiger partial charge in [0.1, 0.15) is 19.0 Å². The number of thioether (sulfide) groups is 1. The molecule has 0 saturated heterocycles. The number of nitrogens with zero attached hydrogens (tertiary/aromatic N) is 2. The average Bonchev–Trinajstić information content (AvgIpc) is 3.18. The summed E-state index contributed by atoms with van der Waals surface area (Å²) in [5.41, 5.74) is 3.85. The van der Waals surface area contributed by atoms with Crippen molar-refractivity contribution in [2.45, 2.75) is 31.7 Å². The molecule has 0 unspecified atom stereocenters. The molecule has 0 atom stereocenters. The van der Waals surface area contributed by atoms with Gasteiger partial charge in [-0.25, -0.2) is 4.98 Å². The highest BCUT2D eigenvalue weighted by atomic mass is 35.5. The number of hydrogen-bond donors (Lipinski definition) is 1. The molecule has 4 rings (SSSR count). The molecule has 1 aliphatic heterocycles. The molecular formula is C22H30ClN3O4S. The molecule has 0 spiro atoms. The molecule has 3 aromatic rings. The molecule has 0 aliphatic carbocycles. The number of pyridine rings is 1. The van der Waals surface area contributed by atoms with Gasteiger partial charge in [0, 0.05) is 56.2 Å². The Morgan fingerprint density at radius 1 is 1.16 bits per heavy atom. The number of aromatic nitrogens is 3. The van der Waals surface area contributed by atoms with E-state index in [1.54, 1.807) is 25.1 Å². The lowest BCUT2D eigenvalue weighted by atomic mass is 10.2. The van der Waals surface area contributed by atoms with Crippen LogP contribution >= 0.6 is 23.4 Å². The lowest BCUT2D eigenvalue weighted by Crippen LogP contribution is -2.15. The second-order valence-corrected chi connectivity index (χ2v) is 7.38. The van der Waals surface area contributed by atoms with Gasteiger partial charge in [-0.05, 0) is 13.0 Å². The van der Waals surface area contributed by atoms with Crippen molar-refractivity contribution in [3.63, 3.8) is 0 Å². The monoisotopic (exact) mass is 467 g/mol. The Balaban J connectivity index is 0.00000111. The van der Waals surface area contributed by atoms with Crippen molar-refractivity contribution in [1.29, 1.82) is 0 Å². The van der Waals surface area contributed by atoms with E-state index in [9.17, 15) is 0 Å². The van der Waals surface area contributed by atoms with Gasteiger partial charge in [-0.15, -0.1) is 11.6 Å². The number of alkyl halides is 1. The lowest BCUT2D eigenvalue weighted by Gasteiger charge is -2.17. The normalized spacial score (nSPS) is 12.0. The Kier molecular flexibility index (Phi) is 10.2. The van der Waals surface area contributed by atoms with Gasteiger partial charge in [0.15, 0.2) is 16.7 Å². The molecule has 31 heavy (non-hydrogen) atoms. The Hall–Kier alpha value is -2.16. The van der Waals surface area contributed by atoms with E-state index in [1.807, 2.05) is 25.1 Å². The van der Waals surface area contributed by atoms with E-state index in [4.69, 9.17) is 18.9 Å². The first kappa shape index (κ1) is 25.1. The van der Waals surface area contributed by atoms with Crippen LogP contribution in [-0.4, -0.2) is 54.9 Å². The fourth-order valence-corrected chi connectivity index (χ4v) is 3.88. The van der Waals surface area contributed by atoms with Gasteiger partial charge in [0.2, 0.25) is 0 Å². The van der Waals surface area contributed by atoms with Crippen LogP contribution in [0.25, 0.3) is 11.0 Å². The summed E-state index contributed by atoms with van der Waals surface area (Å²) in [5, 5.41) is 0.838. The van der Waals surface area contributed by atoms with Crippen molar-refractivity contribution >= 4 is 34.4 Å². The molecule has 1 aliphatic rings. The Morgan fingerprint density at radius 2 is 1.90 bits per heavy atom. The summed E-state index contributed by atoms with van der Waals surface area (Å²) in [6.07, 6.45) is 4.12. The van der Waals surface area contributed by atoms with Crippen molar-refractivity contribution in [3.8, 4) is 17.2 Å². The van der Waals surface area contributed by atoms with Crippen molar-refractivity contribution in [1.82, 2.24) is 15.0 Å². The van der Waals surface area contributed by atoms with Crippen LogP contribution in [0.1, 0.15) is 25.1 Å². The van der Waals surface area contributed by atoms with Crippen LogP contribution in [-0.2, 0) is 10.5 Å². The number of rotatable bonds is 8. The SMILES string of the molecule is C.CCl.COCCCOc1ccnc(CSc2nc3cc4c(cc3[nH]2)OCCO4)c1C. The van der Waals surface area contributed by atoms with Crippen molar-refractivity contribution in [2.24, 2.45) is 0 Å². The highest BCUT2D eigenvalue weighted by molar-refractivity contribution is 7.98. The second-order valence-electron chi connectivity index (χ2n) is 6.42. The number of halogens is 1. The number of benzene rings is 1. The summed E-state index contributed by atoms with van der Waals surface area (Å²) in [6, 6.07) is 5.77. The molecule has 0 radical (unpaired) electrons. The molecule has 0 amide bonds. The van der Waals surface area contributed by atoms with E-state index in [-0.39, 0.29) is 7.43 Å². The molecule has 9 heteroatoms. The smallest absolute Gasteiger partial charge is 0.166 e. The fraction of sp³-hybridized carbons (Fsp3) is 0.455. The van der Waals surface area contributed by atoms with Crippen LogP contribution < -0.4 is 14.2 Å². The highest BCUT2D eigenvalue weighted by Crippen LogP contribution is 2.35. The Labute approximate surface area is 192 Å². The number of methoxy groups -OCH3 is 1. The van der Waals surface area contributed by atoms with Crippen LogP contribution in [0.2, 0.25) is 0 Å². The third kappa shape index (κ3) is 6.41. The standard InChI is InChI=1S/C20H23N3O4S.CH3Cl.CH4/c1-13-16(21-5-4-17(13)25-7-3-6-24-2)12-28-20-22-14-10-18-19(11-15(14)23-20)27-9-8-26-18;1-2;/h4-5,10-11H,3,6-9,12H2,1-2H3,(H,22,23);1H3;1H4. The number of nitrogens with one attached hydrogen (secondary N) is 1. The zero-order valence-electron chi connectivity index (χ0n) is 17.4. The molecule has 7 nitrogen and oxygen atoms in total. The van der Waals surface area contributed by atoms with E-state index in [2.05, 4.69) is 26.6 Å². The van der Waals surface area contributed by atoms with Crippen LogP contribution in [0.5, 0.6) is 17.2 Å². The third-order valence-electron chi connectivity index (χ3n) is 4.48. The summed E-state index contributed by atoms with van der Waals surface area (Å²) >= 11 is 6.25. The molecule has 2 aromatic heterocycles. The molecular weight excluding hydrogens is 438 g/mol. The zero-order valence-corrected chi connectivity index (χ0v) is 18.9. The maximum atomic E-state index is 5.86. The summed E-state index contributed by atoms with van der Waals surface area (Å²) in [6.45, 7) is 4.50. The van der Waals surface area contributed by atoms with Gasteiger partial charge in [-0.1, -0.05) is 19.2 Å². The lowest BCUT2D eigenvalue weighted by molar-refractivity contribution is 0.172. The first-order valence-corrected chi connectivity index (χ1v) is 11.3. The Bertz CT molecular complexity index is 924. The predicted octanol–water partition coefficient (Wildman–Crippen LogP) is 5.24. The topological polar surface area (TPSA) is 78.5 Å². The first-order chi connectivity index (χ1) is 14.7. The first-order valence-electron chi connectivity index (χ1n) is 9.61. The minimum absolute atomic E-state index is 0.